The summed E-state index contributed by atoms with van der Waals surface area (Å²) < 4.78 is 2.08. The van der Waals surface area contributed by atoms with Gasteiger partial charge in [-0.3, -0.25) is 4.40 Å². The number of rotatable bonds is 2. The third kappa shape index (κ3) is 2.36. The van der Waals surface area contributed by atoms with Crippen molar-refractivity contribution >= 4 is 45.3 Å². The highest BCUT2D eigenvalue weighted by Gasteiger charge is 2.15. The van der Waals surface area contributed by atoms with Crippen molar-refractivity contribution in [2.75, 3.05) is 5.73 Å². The van der Waals surface area contributed by atoms with E-state index in [0.29, 0.717) is 0 Å². The topological polar surface area (TPSA) is 82.0 Å². The fourth-order valence-corrected chi connectivity index (χ4v) is 4.07. The molecule has 0 radical (unpaired) electrons. The van der Waals surface area contributed by atoms with Gasteiger partial charge in [0.25, 0.3) is 0 Å². The van der Waals surface area contributed by atoms with Gasteiger partial charge in [-0.1, -0.05) is 24.3 Å². The van der Waals surface area contributed by atoms with Gasteiger partial charge in [0, 0.05) is 11.1 Å². The fourth-order valence-electron chi connectivity index (χ4n) is 3.09. The lowest BCUT2D eigenvalue weighted by molar-refractivity contribution is 0.941. The summed E-state index contributed by atoms with van der Waals surface area (Å²) in [6.07, 6.45) is 0. The van der Waals surface area contributed by atoms with Crippen LogP contribution >= 0.6 is 11.8 Å². The number of fused-ring (bicyclic) bond motifs is 5. The Balaban J connectivity index is 1.84. The SMILES string of the molecule is Cc1cc(Sc2nc3ccccc3c3nc4ccccc4n23)nc(N)n1. The van der Waals surface area contributed by atoms with Crippen LogP contribution in [0.5, 0.6) is 0 Å². The van der Waals surface area contributed by atoms with E-state index in [9.17, 15) is 0 Å². The number of hydrogen-bond donors (Lipinski definition) is 1. The monoisotopic (exact) mass is 358 g/mol. The number of aryl methyl sites for hydroxylation is 1. The molecule has 0 spiro atoms. The normalized spacial score (nSPS) is 11.6. The van der Waals surface area contributed by atoms with Crippen LogP contribution in [0.25, 0.3) is 27.6 Å². The van der Waals surface area contributed by atoms with E-state index in [-0.39, 0.29) is 5.95 Å². The third-order valence-corrected chi connectivity index (χ3v) is 5.03. The van der Waals surface area contributed by atoms with Gasteiger partial charge in [0.15, 0.2) is 5.16 Å². The first-order valence-corrected chi connectivity index (χ1v) is 8.96. The van der Waals surface area contributed by atoms with Crippen molar-refractivity contribution < 1.29 is 0 Å². The molecule has 6 nitrogen and oxygen atoms in total. The fraction of sp³-hybridized carbons (Fsp3) is 0.0526. The van der Waals surface area contributed by atoms with Crippen LogP contribution in [0, 0.1) is 6.92 Å². The van der Waals surface area contributed by atoms with Crippen LogP contribution in [0.3, 0.4) is 0 Å². The lowest BCUT2D eigenvalue weighted by atomic mass is 10.2. The van der Waals surface area contributed by atoms with E-state index in [1.165, 1.54) is 11.8 Å². The average molecular weight is 358 g/mol. The molecule has 26 heavy (non-hydrogen) atoms. The summed E-state index contributed by atoms with van der Waals surface area (Å²) >= 11 is 1.46. The third-order valence-electron chi connectivity index (χ3n) is 4.16. The maximum absolute atomic E-state index is 5.81. The summed E-state index contributed by atoms with van der Waals surface area (Å²) in [6, 6.07) is 18.0. The van der Waals surface area contributed by atoms with Crippen molar-refractivity contribution in [2.24, 2.45) is 0 Å². The zero-order valence-corrected chi connectivity index (χ0v) is 14.7. The predicted molar refractivity (Wildman–Crippen MR) is 103 cm³/mol. The average Bonchev–Trinajstić information content (AvgIpc) is 3.01. The standard InChI is InChI=1S/C19H14N6S/c1-11-10-16(24-18(20)21-11)26-19-23-13-7-3-2-6-12(13)17-22-14-8-4-5-9-15(14)25(17)19/h2-10H,1H3,(H2,20,21,24). The van der Waals surface area contributed by atoms with Crippen LogP contribution in [-0.4, -0.2) is 24.3 Å². The molecule has 5 aromatic rings. The van der Waals surface area contributed by atoms with Crippen LogP contribution in [0.2, 0.25) is 0 Å². The summed E-state index contributed by atoms with van der Waals surface area (Å²) in [5, 5.41) is 2.58. The number of anilines is 1. The molecule has 0 fully saturated rings. The molecule has 3 aromatic heterocycles. The van der Waals surface area contributed by atoms with E-state index >= 15 is 0 Å². The van der Waals surface area contributed by atoms with E-state index in [2.05, 4.69) is 20.4 Å². The number of benzene rings is 2. The van der Waals surface area contributed by atoms with Gasteiger partial charge < -0.3 is 5.73 Å². The number of imidazole rings is 1. The van der Waals surface area contributed by atoms with Gasteiger partial charge >= 0.3 is 0 Å². The van der Waals surface area contributed by atoms with Crippen molar-refractivity contribution in [3.63, 3.8) is 0 Å². The van der Waals surface area contributed by atoms with Gasteiger partial charge in [0.2, 0.25) is 5.95 Å². The summed E-state index contributed by atoms with van der Waals surface area (Å²) in [5.41, 5.74) is 10.4. The molecule has 5 rings (SSSR count). The first-order chi connectivity index (χ1) is 12.7. The van der Waals surface area contributed by atoms with Gasteiger partial charge in [0.1, 0.15) is 10.7 Å². The summed E-state index contributed by atoms with van der Waals surface area (Å²) in [5.74, 6) is 0.264. The van der Waals surface area contributed by atoms with Crippen LogP contribution in [0.15, 0.2) is 64.8 Å². The highest BCUT2D eigenvalue weighted by molar-refractivity contribution is 7.99. The molecule has 0 saturated carbocycles. The van der Waals surface area contributed by atoms with Crippen LogP contribution in [0.1, 0.15) is 5.69 Å². The second-order valence-corrected chi connectivity index (χ2v) is 6.97. The number of nitrogens with zero attached hydrogens (tertiary/aromatic N) is 5. The molecule has 3 heterocycles. The maximum Gasteiger partial charge on any atom is 0.221 e. The summed E-state index contributed by atoms with van der Waals surface area (Å²) in [7, 11) is 0. The Morgan fingerprint density at radius 2 is 1.65 bits per heavy atom. The minimum atomic E-state index is 0.264. The highest BCUT2D eigenvalue weighted by Crippen LogP contribution is 2.32. The molecule has 2 N–H and O–H groups in total. The van der Waals surface area contributed by atoms with Crippen LogP contribution < -0.4 is 5.73 Å². The van der Waals surface area contributed by atoms with Gasteiger partial charge in [-0.2, -0.15) is 0 Å². The second kappa shape index (κ2) is 5.67. The van der Waals surface area contributed by atoms with Crippen molar-refractivity contribution in [1.82, 2.24) is 24.3 Å². The molecule has 126 valence electrons. The minimum absolute atomic E-state index is 0.264. The number of aromatic nitrogens is 5. The number of para-hydroxylation sites is 3. The van der Waals surface area contributed by atoms with Gasteiger partial charge in [-0.25, -0.2) is 19.9 Å². The number of nitrogens with two attached hydrogens (primary N) is 1. The molecule has 0 atom stereocenters. The molecule has 0 aliphatic heterocycles. The van der Waals surface area contributed by atoms with E-state index in [1.54, 1.807) is 0 Å². The lowest BCUT2D eigenvalue weighted by Crippen LogP contribution is -2.00. The Morgan fingerprint density at radius 3 is 2.50 bits per heavy atom. The first-order valence-electron chi connectivity index (χ1n) is 8.14. The summed E-state index contributed by atoms with van der Waals surface area (Å²) in [4.78, 5) is 18.2. The Morgan fingerprint density at radius 1 is 0.885 bits per heavy atom. The van der Waals surface area contributed by atoms with Crippen molar-refractivity contribution in [2.45, 2.75) is 17.1 Å². The molecular weight excluding hydrogens is 344 g/mol. The molecule has 0 aliphatic rings. The molecule has 0 saturated heterocycles. The van der Waals surface area contributed by atoms with Crippen molar-refractivity contribution in [3.05, 3.63) is 60.3 Å². The zero-order chi connectivity index (χ0) is 17.7. The first kappa shape index (κ1) is 15.1. The number of hydrogen-bond acceptors (Lipinski definition) is 6. The highest BCUT2D eigenvalue weighted by atomic mass is 32.2. The van der Waals surface area contributed by atoms with Crippen molar-refractivity contribution in [1.29, 1.82) is 0 Å². The largest absolute Gasteiger partial charge is 0.368 e. The van der Waals surface area contributed by atoms with Crippen molar-refractivity contribution in [3.8, 4) is 0 Å². The maximum atomic E-state index is 5.81. The molecule has 0 amide bonds. The van der Waals surface area contributed by atoms with E-state index in [4.69, 9.17) is 15.7 Å². The molecule has 0 unspecified atom stereocenters. The van der Waals surface area contributed by atoms with Crippen LogP contribution in [0.4, 0.5) is 5.95 Å². The minimum Gasteiger partial charge on any atom is -0.368 e. The van der Waals surface area contributed by atoms with Gasteiger partial charge in [0.05, 0.1) is 16.6 Å². The predicted octanol–water partition coefficient (Wildman–Crippen LogP) is 3.87. The Kier molecular flexibility index (Phi) is 3.29. The molecular formula is C19H14N6S. The Bertz CT molecular complexity index is 1270. The molecule has 2 aromatic carbocycles. The number of nitrogen functional groups attached to an aromatic ring is 1. The Labute approximate surface area is 153 Å². The Hall–Kier alpha value is -3.19. The van der Waals surface area contributed by atoms with E-state index in [1.807, 2.05) is 55.5 Å². The smallest absolute Gasteiger partial charge is 0.221 e. The molecule has 0 bridgehead atoms. The lowest BCUT2D eigenvalue weighted by Gasteiger charge is -2.08. The van der Waals surface area contributed by atoms with E-state index < -0.39 is 0 Å². The zero-order valence-electron chi connectivity index (χ0n) is 13.9. The molecule has 0 aliphatic carbocycles. The molecule has 7 heteroatoms. The van der Waals surface area contributed by atoms with Crippen LogP contribution in [-0.2, 0) is 0 Å². The van der Waals surface area contributed by atoms with Gasteiger partial charge in [-0.05, 0) is 49.0 Å². The quantitative estimate of drug-likeness (QED) is 0.381. The van der Waals surface area contributed by atoms with Gasteiger partial charge in [-0.15, -0.1) is 0 Å². The summed E-state index contributed by atoms with van der Waals surface area (Å²) in [6.45, 7) is 1.90. The van der Waals surface area contributed by atoms with E-state index in [0.717, 1.165) is 43.5 Å². The second-order valence-electron chi connectivity index (χ2n) is 5.98.